The van der Waals surface area contributed by atoms with Crippen LogP contribution >= 0.6 is 11.3 Å². The Hall–Kier alpha value is -2.48. The van der Waals surface area contributed by atoms with Gasteiger partial charge in [-0.15, -0.1) is 11.3 Å². The lowest BCUT2D eigenvalue weighted by atomic mass is 10.1. The second kappa shape index (κ2) is 5.72. The Labute approximate surface area is 130 Å². The van der Waals surface area contributed by atoms with Gasteiger partial charge in [-0.1, -0.05) is 0 Å². The van der Waals surface area contributed by atoms with Gasteiger partial charge in [-0.3, -0.25) is 14.9 Å². The van der Waals surface area contributed by atoms with Gasteiger partial charge in [0, 0.05) is 12.1 Å². The summed E-state index contributed by atoms with van der Waals surface area (Å²) in [7, 11) is 0. The van der Waals surface area contributed by atoms with Crippen LogP contribution in [0, 0.1) is 6.92 Å². The number of carbonyl (C=O) groups is 3. The standard InChI is InChI=1S/C14H14N4O3S/c1-7-15-9-3-2-8(6-11(9)22-7)16-12(19)5-4-10-13(20)18-14(21)17-10/h2-3,6,10H,4-5H2,1H3,(H,16,19)(H2,17,18,20,21)/t10-/m1/s1. The number of hydrogen-bond donors (Lipinski definition) is 3. The number of aryl methyl sites for hydroxylation is 1. The van der Waals surface area contributed by atoms with Crippen LogP contribution in [-0.4, -0.2) is 28.9 Å². The van der Waals surface area contributed by atoms with Crippen LogP contribution in [0.1, 0.15) is 17.8 Å². The summed E-state index contributed by atoms with van der Waals surface area (Å²) in [6, 6.07) is 4.39. The molecule has 7 nitrogen and oxygen atoms in total. The van der Waals surface area contributed by atoms with E-state index < -0.39 is 12.1 Å². The van der Waals surface area contributed by atoms with Crippen LogP contribution < -0.4 is 16.0 Å². The van der Waals surface area contributed by atoms with Crippen LogP contribution in [0.2, 0.25) is 0 Å². The summed E-state index contributed by atoms with van der Waals surface area (Å²) in [6.45, 7) is 1.93. The lowest BCUT2D eigenvalue weighted by Gasteiger charge is -2.08. The fourth-order valence-electron chi connectivity index (χ4n) is 2.28. The summed E-state index contributed by atoms with van der Waals surface area (Å²) in [4.78, 5) is 38.6. The van der Waals surface area contributed by atoms with E-state index in [4.69, 9.17) is 0 Å². The SMILES string of the molecule is Cc1nc2ccc(NC(=O)CC[C@H]3NC(=O)NC3=O)cc2s1. The molecule has 2 aromatic rings. The van der Waals surface area contributed by atoms with Crippen molar-refractivity contribution in [2.24, 2.45) is 0 Å². The molecule has 0 radical (unpaired) electrons. The highest BCUT2D eigenvalue weighted by Crippen LogP contribution is 2.24. The molecule has 4 amide bonds. The maximum atomic E-state index is 11.9. The van der Waals surface area contributed by atoms with E-state index in [0.717, 1.165) is 15.2 Å². The first-order valence-corrected chi connectivity index (χ1v) is 7.61. The molecule has 1 fully saturated rings. The molecule has 0 saturated carbocycles. The maximum Gasteiger partial charge on any atom is 0.322 e. The molecule has 1 aromatic carbocycles. The van der Waals surface area contributed by atoms with Crippen molar-refractivity contribution in [2.75, 3.05) is 5.32 Å². The maximum absolute atomic E-state index is 11.9. The Morgan fingerprint density at radius 3 is 2.95 bits per heavy atom. The van der Waals surface area contributed by atoms with Crippen molar-refractivity contribution >= 4 is 45.1 Å². The number of benzene rings is 1. The molecule has 1 aliphatic rings. The topological polar surface area (TPSA) is 100 Å². The predicted molar refractivity (Wildman–Crippen MR) is 82.7 cm³/mol. The number of nitrogens with zero attached hydrogens (tertiary/aromatic N) is 1. The summed E-state index contributed by atoms with van der Waals surface area (Å²) >= 11 is 1.56. The molecule has 0 spiro atoms. The molecule has 22 heavy (non-hydrogen) atoms. The van der Waals surface area contributed by atoms with Crippen molar-refractivity contribution in [1.82, 2.24) is 15.6 Å². The highest BCUT2D eigenvalue weighted by molar-refractivity contribution is 7.18. The van der Waals surface area contributed by atoms with Crippen molar-refractivity contribution in [3.05, 3.63) is 23.2 Å². The van der Waals surface area contributed by atoms with Crippen molar-refractivity contribution in [3.63, 3.8) is 0 Å². The Morgan fingerprint density at radius 1 is 1.41 bits per heavy atom. The first-order chi connectivity index (χ1) is 10.5. The highest BCUT2D eigenvalue weighted by Gasteiger charge is 2.29. The van der Waals surface area contributed by atoms with E-state index in [1.165, 1.54) is 0 Å². The second-order valence-electron chi connectivity index (χ2n) is 5.02. The minimum Gasteiger partial charge on any atom is -0.326 e. The van der Waals surface area contributed by atoms with Crippen LogP contribution in [0.3, 0.4) is 0 Å². The summed E-state index contributed by atoms with van der Waals surface area (Å²) in [5.74, 6) is -0.589. The summed E-state index contributed by atoms with van der Waals surface area (Å²) < 4.78 is 1.01. The van der Waals surface area contributed by atoms with Crippen molar-refractivity contribution in [2.45, 2.75) is 25.8 Å². The van der Waals surface area contributed by atoms with E-state index in [1.807, 2.05) is 19.1 Å². The van der Waals surface area contributed by atoms with Gasteiger partial charge in [-0.05, 0) is 31.5 Å². The van der Waals surface area contributed by atoms with E-state index in [1.54, 1.807) is 17.4 Å². The summed E-state index contributed by atoms with van der Waals surface area (Å²) in [5.41, 5.74) is 1.60. The molecule has 1 saturated heterocycles. The lowest BCUT2D eigenvalue weighted by Crippen LogP contribution is -2.30. The number of thiazole rings is 1. The molecule has 3 N–H and O–H groups in total. The van der Waals surface area contributed by atoms with E-state index in [-0.39, 0.29) is 24.7 Å². The molecular weight excluding hydrogens is 304 g/mol. The molecule has 2 heterocycles. The Balaban J connectivity index is 1.58. The van der Waals surface area contributed by atoms with Gasteiger partial charge in [-0.25, -0.2) is 9.78 Å². The largest absolute Gasteiger partial charge is 0.326 e. The van der Waals surface area contributed by atoms with Crippen LogP contribution in [0.4, 0.5) is 10.5 Å². The molecule has 114 valence electrons. The van der Waals surface area contributed by atoms with Gasteiger partial charge in [0.05, 0.1) is 15.2 Å². The number of hydrogen-bond acceptors (Lipinski definition) is 5. The molecule has 0 aliphatic carbocycles. The van der Waals surface area contributed by atoms with Crippen LogP contribution in [-0.2, 0) is 9.59 Å². The number of amides is 4. The van der Waals surface area contributed by atoms with E-state index >= 15 is 0 Å². The number of imide groups is 1. The van der Waals surface area contributed by atoms with Crippen LogP contribution in [0.5, 0.6) is 0 Å². The Kier molecular flexibility index (Phi) is 3.76. The molecular formula is C14H14N4O3S. The molecule has 3 rings (SSSR count). The Bertz CT molecular complexity index is 771. The first-order valence-electron chi connectivity index (χ1n) is 6.80. The van der Waals surface area contributed by atoms with Gasteiger partial charge in [-0.2, -0.15) is 0 Å². The molecule has 1 atom stereocenters. The fourth-order valence-corrected chi connectivity index (χ4v) is 3.15. The van der Waals surface area contributed by atoms with Gasteiger partial charge in [0.25, 0.3) is 5.91 Å². The minimum absolute atomic E-state index is 0.151. The van der Waals surface area contributed by atoms with E-state index in [0.29, 0.717) is 5.69 Å². The van der Waals surface area contributed by atoms with E-state index in [9.17, 15) is 14.4 Å². The number of carbonyl (C=O) groups excluding carboxylic acids is 3. The zero-order valence-electron chi connectivity index (χ0n) is 11.8. The number of fused-ring (bicyclic) bond motifs is 1. The smallest absolute Gasteiger partial charge is 0.322 e. The van der Waals surface area contributed by atoms with Gasteiger partial charge >= 0.3 is 6.03 Å². The average molecular weight is 318 g/mol. The molecule has 1 aromatic heterocycles. The number of nitrogens with one attached hydrogen (secondary N) is 3. The quantitative estimate of drug-likeness (QED) is 0.744. The third-order valence-corrected chi connectivity index (χ3v) is 4.23. The number of rotatable bonds is 4. The Morgan fingerprint density at radius 2 is 2.23 bits per heavy atom. The summed E-state index contributed by atoms with van der Waals surface area (Å²) in [6.07, 6.45) is 0.420. The van der Waals surface area contributed by atoms with Crippen LogP contribution in [0.25, 0.3) is 10.2 Å². The molecule has 0 unspecified atom stereocenters. The molecule has 0 bridgehead atoms. The fraction of sp³-hybridized carbons (Fsp3) is 0.286. The van der Waals surface area contributed by atoms with Crippen LogP contribution in [0.15, 0.2) is 18.2 Å². The normalized spacial score (nSPS) is 17.4. The predicted octanol–water partition coefficient (Wildman–Crippen LogP) is 1.53. The second-order valence-corrected chi connectivity index (χ2v) is 6.25. The average Bonchev–Trinajstić information content (AvgIpc) is 2.97. The zero-order valence-corrected chi connectivity index (χ0v) is 12.6. The monoisotopic (exact) mass is 318 g/mol. The number of aromatic nitrogens is 1. The zero-order chi connectivity index (χ0) is 15.7. The molecule has 1 aliphatic heterocycles. The van der Waals surface area contributed by atoms with Gasteiger partial charge in [0.1, 0.15) is 6.04 Å². The number of urea groups is 1. The molecule has 8 heteroatoms. The van der Waals surface area contributed by atoms with Gasteiger partial charge in [0.15, 0.2) is 0 Å². The van der Waals surface area contributed by atoms with E-state index in [2.05, 4.69) is 20.9 Å². The van der Waals surface area contributed by atoms with Gasteiger partial charge < -0.3 is 10.6 Å². The van der Waals surface area contributed by atoms with Crippen molar-refractivity contribution in [3.8, 4) is 0 Å². The minimum atomic E-state index is -0.634. The number of anilines is 1. The summed E-state index contributed by atoms with van der Waals surface area (Å²) in [5, 5.41) is 8.36. The first kappa shape index (κ1) is 14.5. The van der Waals surface area contributed by atoms with Gasteiger partial charge in [0.2, 0.25) is 5.91 Å². The van der Waals surface area contributed by atoms with Crippen molar-refractivity contribution in [1.29, 1.82) is 0 Å². The van der Waals surface area contributed by atoms with Crippen molar-refractivity contribution < 1.29 is 14.4 Å². The third kappa shape index (κ3) is 3.06. The third-order valence-electron chi connectivity index (χ3n) is 3.30. The lowest BCUT2D eigenvalue weighted by molar-refractivity contribution is -0.120. The highest BCUT2D eigenvalue weighted by atomic mass is 32.1.